The lowest BCUT2D eigenvalue weighted by Gasteiger charge is -2.34. The molecule has 0 radical (unpaired) electrons. The van der Waals surface area contributed by atoms with E-state index < -0.39 is 15.4 Å². The minimum Gasteiger partial charge on any atom is -0.444 e. The van der Waals surface area contributed by atoms with Gasteiger partial charge in [0.05, 0.1) is 22.8 Å². The molecular formula is C34H41N5O5S. The van der Waals surface area contributed by atoms with Crippen molar-refractivity contribution >= 4 is 32.7 Å². The van der Waals surface area contributed by atoms with Crippen LogP contribution in [0, 0.1) is 6.92 Å². The van der Waals surface area contributed by atoms with E-state index in [1.165, 1.54) is 0 Å². The highest BCUT2D eigenvalue weighted by Crippen LogP contribution is 2.38. The second kappa shape index (κ2) is 13.4. The molecule has 0 spiro atoms. The normalized spacial score (nSPS) is 15.6. The highest BCUT2D eigenvalue weighted by Gasteiger charge is 2.28. The standard InChI is InChI=1S/C34H41N5O5S/c1-6-19-45(41,42)22-24-20-23(2)30(27-13-8-7-12-26(24)27)43-31-28(14-9-16-35-31)29-15-17-36-32(38-29)37-25-11-10-18-39(21-25)33(40)44-34(3,4)5/h7-9,12-17,20,25H,6,10-11,18-19,21-22H2,1-5H3,(H,36,37,38)/t25-/m0/s1. The van der Waals surface area contributed by atoms with Crippen molar-refractivity contribution in [2.24, 2.45) is 0 Å². The Bertz CT molecular complexity index is 1790. The Labute approximate surface area is 265 Å². The number of fused-ring (bicyclic) bond motifs is 1. The summed E-state index contributed by atoms with van der Waals surface area (Å²) in [6.45, 7) is 10.5. The van der Waals surface area contributed by atoms with Gasteiger partial charge in [0, 0.05) is 36.9 Å². The van der Waals surface area contributed by atoms with E-state index in [2.05, 4.69) is 15.3 Å². The van der Waals surface area contributed by atoms with Crippen LogP contribution in [0.15, 0.2) is 60.9 Å². The number of nitrogens with zero attached hydrogens (tertiary/aromatic N) is 4. The average molecular weight is 632 g/mol. The fourth-order valence-electron chi connectivity index (χ4n) is 5.57. The minimum absolute atomic E-state index is 0.0233. The quantitative estimate of drug-likeness (QED) is 0.209. The van der Waals surface area contributed by atoms with Gasteiger partial charge in [0.15, 0.2) is 9.84 Å². The number of carbonyl (C=O) groups is 1. The number of sulfone groups is 1. The van der Waals surface area contributed by atoms with E-state index in [9.17, 15) is 13.2 Å². The van der Waals surface area contributed by atoms with Crippen LogP contribution in [0.1, 0.15) is 58.1 Å². The zero-order valence-corrected chi connectivity index (χ0v) is 27.4. The second-order valence-electron chi connectivity index (χ2n) is 12.5. The third kappa shape index (κ3) is 8.08. The molecule has 238 valence electrons. The molecule has 45 heavy (non-hydrogen) atoms. The fraction of sp³-hybridized carbons (Fsp3) is 0.412. The van der Waals surface area contributed by atoms with Gasteiger partial charge in [-0.2, -0.15) is 0 Å². The maximum absolute atomic E-state index is 12.7. The zero-order chi connectivity index (χ0) is 32.2. The number of amides is 1. The highest BCUT2D eigenvalue weighted by atomic mass is 32.2. The SMILES string of the molecule is CCCS(=O)(=O)Cc1cc(C)c(Oc2ncccc2-c2ccnc(N[C@H]3CCCN(C(=O)OC(C)(C)C)C3)n2)c2ccccc12. The van der Waals surface area contributed by atoms with Crippen LogP contribution in [0.4, 0.5) is 10.7 Å². The number of ether oxygens (including phenoxy) is 2. The largest absolute Gasteiger partial charge is 0.444 e. The molecule has 10 nitrogen and oxygen atoms in total. The molecule has 0 bridgehead atoms. The van der Waals surface area contributed by atoms with Crippen LogP contribution in [-0.4, -0.2) is 64.8 Å². The third-order valence-electron chi connectivity index (χ3n) is 7.46. The predicted octanol–water partition coefficient (Wildman–Crippen LogP) is 6.93. The Balaban J connectivity index is 1.40. The molecule has 1 aliphatic rings. The van der Waals surface area contributed by atoms with Gasteiger partial charge >= 0.3 is 6.09 Å². The number of nitrogens with one attached hydrogen (secondary N) is 1. The van der Waals surface area contributed by atoms with Crippen LogP contribution in [0.3, 0.4) is 0 Å². The molecular weight excluding hydrogens is 590 g/mol. The Hall–Kier alpha value is -4.25. The van der Waals surface area contributed by atoms with Gasteiger partial charge in [-0.15, -0.1) is 0 Å². The van der Waals surface area contributed by atoms with Gasteiger partial charge in [0.1, 0.15) is 11.4 Å². The van der Waals surface area contributed by atoms with Crippen LogP contribution in [0.5, 0.6) is 11.6 Å². The summed E-state index contributed by atoms with van der Waals surface area (Å²) in [6.07, 6.45) is 5.31. The maximum Gasteiger partial charge on any atom is 0.410 e. The molecule has 0 aliphatic carbocycles. The first-order valence-electron chi connectivity index (χ1n) is 15.3. The molecule has 1 amide bonds. The highest BCUT2D eigenvalue weighted by molar-refractivity contribution is 7.90. The van der Waals surface area contributed by atoms with Gasteiger partial charge in [-0.05, 0) is 81.7 Å². The maximum atomic E-state index is 12.7. The van der Waals surface area contributed by atoms with E-state index in [-0.39, 0.29) is 23.6 Å². The zero-order valence-electron chi connectivity index (χ0n) is 26.5. The fourth-order valence-corrected chi connectivity index (χ4v) is 7.04. The van der Waals surface area contributed by atoms with Crippen molar-refractivity contribution in [3.63, 3.8) is 0 Å². The van der Waals surface area contributed by atoms with E-state index in [1.54, 1.807) is 23.4 Å². The second-order valence-corrected chi connectivity index (χ2v) is 14.6. The molecule has 1 saturated heterocycles. The van der Waals surface area contributed by atoms with Gasteiger partial charge < -0.3 is 19.7 Å². The summed E-state index contributed by atoms with van der Waals surface area (Å²) in [5, 5.41) is 5.04. The van der Waals surface area contributed by atoms with Crippen LogP contribution < -0.4 is 10.1 Å². The van der Waals surface area contributed by atoms with Crippen LogP contribution in [-0.2, 0) is 20.3 Å². The van der Waals surface area contributed by atoms with Crippen LogP contribution in [0.25, 0.3) is 22.0 Å². The first-order chi connectivity index (χ1) is 21.4. The number of hydrogen-bond donors (Lipinski definition) is 1. The molecule has 1 aliphatic heterocycles. The number of benzene rings is 2. The van der Waals surface area contributed by atoms with Gasteiger partial charge in [-0.25, -0.2) is 28.2 Å². The molecule has 11 heteroatoms. The van der Waals surface area contributed by atoms with E-state index in [0.29, 0.717) is 48.3 Å². The molecule has 1 atom stereocenters. The number of aromatic nitrogens is 3. The number of aryl methyl sites for hydroxylation is 1. The number of rotatable bonds is 9. The van der Waals surface area contributed by atoms with Gasteiger partial charge in [0.25, 0.3) is 0 Å². The number of likely N-dealkylation sites (tertiary alicyclic amines) is 1. The molecule has 5 rings (SSSR count). The first-order valence-corrected chi connectivity index (χ1v) is 17.2. The topological polar surface area (TPSA) is 124 Å². The number of hydrogen-bond acceptors (Lipinski definition) is 9. The summed E-state index contributed by atoms with van der Waals surface area (Å²) in [5.41, 5.74) is 2.31. The summed E-state index contributed by atoms with van der Waals surface area (Å²) in [7, 11) is -3.24. The Morgan fingerprint density at radius 1 is 1.07 bits per heavy atom. The molecule has 1 fully saturated rings. The summed E-state index contributed by atoms with van der Waals surface area (Å²) < 4.78 is 37.5. The Kier molecular flexibility index (Phi) is 9.57. The lowest BCUT2D eigenvalue weighted by molar-refractivity contribution is 0.0206. The predicted molar refractivity (Wildman–Crippen MR) is 176 cm³/mol. The minimum atomic E-state index is -3.24. The van der Waals surface area contributed by atoms with Crippen LogP contribution in [0.2, 0.25) is 0 Å². The van der Waals surface area contributed by atoms with E-state index >= 15 is 0 Å². The smallest absolute Gasteiger partial charge is 0.410 e. The molecule has 0 unspecified atom stereocenters. The van der Waals surface area contributed by atoms with Crippen molar-refractivity contribution in [2.45, 2.75) is 71.3 Å². The summed E-state index contributed by atoms with van der Waals surface area (Å²) in [4.78, 5) is 28.1. The molecule has 2 aromatic carbocycles. The number of pyridine rings is 1. The first kappa shape index (κ1) is 32.2. The van der Waals surface area contributed by atoms with Crippen LogP contribution >= 0.6 is 0 Å². The van der Waals surface area contributed by atoms with Crippen molar-refractivity contribution in [1.82, 2.24) is 19.9 Å². The molecule has 3 heterocycles. The Morgan fingerprint density at radius 2 is 1.84 bits per heavy atom. The molecule has 4 aromatic rings. The van der Waals surface area contributed by atoms with Gasteiger partial charge in [-0.1, -0.05) is 37.3 Å². The molecule has 0 saturated carbocycles. The summed E-state index contributed by atoms with van der Waals surface area (Å²) >= 11 is 0. The van der Waals surface area contributed by atoms with Crippen molar-refractivity contribution in [3.05, 3.63) is 72.1 Å². The monoisotopic (exact) mass is 631 g/mol. The average Bonchev–Trinajstić information content (AvgIpc) is 2.98. The Morgan fingerprint density at radius 3 is 2.60 bits per heavy atom. The van der Waals surface area contributed by atoms with Crippen molar-refractivity contribution < 1.29 is 22.7 Å². The summed E-state index contributed by atoms with van der Waals surface area (Å²) in [6, 6.07) is 15.1. The lowest BCUT2D eigenvalue weighted by atomic mass is 10.0. The van der Waals surface area contributed by atoms with E-state index in [4.69, 9.17) is 14.5 Å². The van der Waals surface area contributed by atoms with Crippen molar-refractivity contribution in [2.75, 3.05) is 24.2 Å². The van der Waals surface area contributed by atoms with Gasteiger partial charge in [0.2, 0.25) is 11.8 Å². The number of anilines is 1. The third-order valence-corrected chi connectivity index (χ3v) is 9.25. The van der Waals surface area contributed by atoms with E-state index in [1.807, 2.05) is 77.1 Å². The molecule has 2 aromatic heterocycles. The number of carbonyl (C=O) groups excluding carboxylic acids is 1. The summed E-state index contributed by atoms with van der Waals surface area (Å²) in [5.74, 6) is 1.55. The van der Waals surface area contributed by atoms with E-state index in [0.717, 1.165) is 34.7 Å². The number of piperidine rings is 1. The van der Waals surface area contributed by atoms with Gasteiger partial charge in [-0.3, -0.25) is 0 Å². The molecule has 1 N–H and O–H groups in total. The van der Waals surface area contributed by atoms with Crippen molar-refractivity contribution in [1.29, 1.82) is 0 Å². The lowest BCUT2D eigenvalue weighted by Crippen LogP contribution is -2.47. The van der Waals surface area contributed by atoms with Crippen molar-refractivity contribution in [3.8, 4) is 22.9 Å².